The Morgan fingerprint density at radius 3 is 1.91 bits per heavy atom. The zero-order valence-corrected chi connectivity index (χ0v) is 18.4. The topological polar surface area (TPSA) is 71.8 Å². The van der Waals surface area contributed by atoms with Gasteiger partial charge in [0.25, 0.3) is 5.91 Å². The highest BCUT2D eigenvalue weighted by atomic mass is 16.2. The van der Waals surface area contributed by atoms with E-state index in [1.165, 1.54) is 15.8 Å². The van der Waals surface area contributed by atoms with E-state index >= 15 is 0 Å². The Labute approximate surface area is 188 Å². The molecule has 0 saturated heterocycles. The summed E-state index contributed by atoms with van der Waals surface area (Å²) in [6.07, 6.45) is 0.251. The molecule has 0 radical (unpaired) electrons. The van der Waals surface area contributed by atoms with E-state index in [0.717, 1.165) is 16.7 Å². The first kappa shape index (κ1) is 21.3. The molecule has 3 aromatic carbocycles. The van der Waals surface area contributed by atoms with Crippen molar-refractivity contribution in [3.05, 3.63) is 107 Å². The summed E-state index contributed by atoms with van der Waals surface area (Å²) in [7, 11) is 0. The molecule has 6 heteroatoms. The smallest absolute Gasteiger partial charge is 0.254 e. The molecule has 0 saturated carbocycles. The molecular weight excluding hydrogens is 398 g/mol. The van der Waals surface area contributed by atoms with Gasteiger partial charge in [-0.1, -0.05) is 90.0 Å². The molecule has 6 nitrogen and oxygen atoms in total. The molecule has 4 aromatic rings. The molecule has 0 spiro atoms. The number of rotatable bonds is 8. The van der Waals surface area contributed by atoms with Crippen molar-refractivity contribution in [3.8, 4) is 0 Å². The van der Waals surface area contributed by atoms with Gasteiger partial charge in [0, 0.05) is 13.1 Å². The zero-order chi connectivity index (χ0) is 22.3. The molecule has 0 aliphatic carbocycles. The fraction of sp³-hybridized carbons (Fsp3) is 0.192. The number of benzene rings is 3. The number of hydrogen-bond acceptors (Lipinski definition) is 5. The highest BCUT2D eigenvalue weighted by Crippen LogP contribution is 2.14. The van der Waals surface area contributed by atoms with Gasteiger partial charge in [-0.2, -0.15) is 9.67 Å². The van der Waals surface area contributed by atoms with E-state index in [4.69, 9.17) is 0 Å². The summed E-state index contributed by atoms with van der Waals surface area (Å²) >= 11 is 0. The molecule has 4 rings (SSSR count). The van der Waals surface area contributed by atoms with E-state index in [-0.39, 0.29) is 12.3 Å². The second-order valence-electron chi connectivity index (χ2n) is 7.91. The van der Waals surface area contributed by atoms with E-state index in [0.29, 0.717) is 25.0 Å². The van der Waals surface area contributed by atoms with Crippen LogP contribution in [0.2, 0.25) is 0 Å². The molecular formula is C26H27N5O. The predicted molar refractivity (Wildman–Crippen MR) is 128 cm³/mol. The number of aromatic nitrogens is 3. The normalized spacial score (nSPS) is 10.7. The van der Waals surface area contributed by atoms with Gasteiger partial charge < -0.3 is 10.6 Å². The van der Waals surface area contributed by atoms with Crippen molar-refractivity contribution in [2.24, 2.45) is 0 Å². The monoisotopic (exact) mass is 425 g/mol. The molecule has 2 N–H and O–H groups in total. The zero-order valence-electron chi connectivity index (χ0n) is 18.4. The van der Waals surface area contributed by atoms with Crippen molar-refractivity contribution in [1.82, 2.24) is 14.8 Å². The number of carbonyl (C=O) groups is 1. The summed E-state index contributed by atoms with van der Waals surface area (Å²) in [5.74, 6) is 0.704. The Bertz CT molecular complexity index is 1170. The standard InChI is InChI=1S/C26H27N5O/c1-19-8-12-22(13-9-19)17-27-25-29-26(28-18-23-14-10-20(2)11-15-23)31(30-25)24(32)16-21-6-4-3-5-7-21/h3-15H,16-18H2,1-2H3,(H2,27,28,29,30). The quantitative estimate of drug-likeness (QED) is 0.416. The minimum Gasteiger partial charge on any atom is -0.350 e. The maximum Gasteiger partial charge on any atom is 0.254 e. The van der Waals surface area contributed by atoms with Crippen LogP contribution in [0.4, 0.5) is 11.9 Å². The van der Waals surface area contributed by atoms with Gasteiger partial charge in [0.2, 0.25) is 11.9 Å². The van der Waals surface area contributed by atoms with Crippen molar-refractivity contribution < 1.29 is 4.79 Å². The number of nitrogens with one attached hydrogen (secondary N) is 2. The van der Waals surface area contributed by atoms with Crippen LogP contribution in [-0.4, -0.2) is 20.7 Å². The molecule has 0 bridgehead atoms. The maximum absolute atomic E-state index is 13.0. The van der Waals surface area contributed by atoms with Crippen LogP contribution < -0.4 is 10.6 Å². The Morgan fingerprint density at radius 2 is 1.31 bits per heavy atom. The van der Waals surface area contributed by atoms with Crippen molar-refractivity contribution in [2.75, 3.05) is 10.6 Å². The van der Waals surface area contributed by atoms with Crippen LogP contribution in [0.25, 0.3) is 0 Å². The maximum atomic E-state index is 13.0. The first-order valence-corrected chi connectivity index (χ1v) is 10.7. The van der Waals surface area contributed by atoms with E-state index in [1.807, 2.05) is 30.3 Å². The molecule has 0 amide bonds. The summed E-state index contributed by atoms with van der Waals surface area (Å²) in [5, 5.41) is 10.9. The average Bonchev–Trinajstić information content (AvgIpc) is 3.22. The van der Waals surface area contributed by atoms with Gasteiger partial charge >= 0.3 is 0 Å². The predicted octanol–water partition coefficient (Wildman–Crippen LogP) is 5.00. The molecule has 1 aromatic heterocycles. The summed E-state index contributed by atoms with van der Waals surface area (Å²) in [4.78, 5) is 17.6. The van der Waals surface area contributed by atoms with Crippen LogP contribution in [0.3, 0.4) is 0 Å². The van der Waals surface area contributed by atoms with Gasteiger partial charge in [0.05, 0.1) is 6.42 Å². The third kappa shape index (κ3) is 5.60. The van der Waals surface area contributed by atoms with Gasteiger partial charge in [0.15, 0.2) is 0 Å². The van der Waals surface area contributed by atoms with E-state index in [1.54, 1.807) is 0 Å². The lowest BCUT2D eigenvalue weighted by Gasteiger charge is -2.07. The molecule has 0 fully saturated rings. The number of aryl methyl sites for hydroxylation is 2. The number of carbonyl (C=O) groups excluding carboxylic acids is 1. The number of nitrogens with zero attached hydrogens (tertiary/aromatic N) is 3. The van der Waals surface area contributed by atoms with E-state index < -0.39 is 0 Å². The molecule has 32 heavy (non-hydrogen) atoms. The molecule has 1 heterocycles. The van der Waals surface area contributed by atoms with E-state index in [9.17, 15) is 4.79 Å². The van der Waals surface area contributed by atoms with Crippen molar-refractivity contribution in [2.45, 2.75) is 33.4 Å². The summed E-state index contributed by atoms with van der Waals surface area (Å²) in [5.41, 5.74) is 5.58. The SMILES string of the molecule is Cc1ccc(CNc2nc(NCc3ccc(C)cc3)n(C(=O)Cc3ccccc3)n2)cc1. The number of hydrogen-bond donors (Lipinski definition) is 2. The van der Waals surface area contributed by atoms with Gasteiger partial charge in [-0.05, 0) is 30.5 Å². The second-order valence-corrected chi connectivity index (χ2v) is 7.91. The Kier molecular flexibility index (Phi) is 6.60. The molecule has 0 atom stereocenters. The van der Waals surface area contributed by atoms with Crippen LogP contribution in [0.1, 0.15) is 32.6 Å². The third-order valence-corrected chi connectivity index (χ3v) is 5.18. The lowest BCUT2D eigenvalue weighted by atomic mass is 10.1. The largest absolute Gasteiger partial charge is 0.350 e. The van der Waals surface area contributed by atoms with Crippen molar-refractivity contribution >= 4 is 17.8 Å². The molecule has 0 aliphatic heterocycles. The molecule has 0 unspecified atom stereocenters. The number of anilines is 2. The van der Waals surface area contributed by atoms with Gasteiger partial charge in [-0.25, -0.2) is 0 Å². The Hall–Kier alpha value is -3.93. The highest BCUT2D eigenvalue weighted by Gasteiger charge is 2.17. The molecule has 162 valence electrons. The summed E-state index contributed by atoms with van der Waals surface area (Å²) < 4.78 is 1.36. The van der Waals surface area contributed by atoms with Crippen LogP contribution >= 0.6 is 0 Å². The van der Waals surface area contributed by atoms with Gasteiger partial charge in [-0.15, -0.1) is 5.10 Å². The lowest BCUT2D eigenvalue weighted by molar-refractivity contribution is 0.0901. The lowest BCUT2D eigenvalue weighted by Crippen LogP contribution is -2.18. The van der Waals surface area contributed by atoms with Gasteiger partial charge in [0.1, 0.15) is 0 Å². The third-order valence-electron chi connectivity index (χ3n) is 5.18. The summed E-state index contributed by atoms with van der Waals surface area (Å²) in [6, 6.07) is 26.2. The fourth-order valence-corrected chi connectivity index (χ4v) is 3.29. The first-order valence-electron chi connectivity index (χ1n) is 10.7. The minimum absolute atomic E-state index is 0.140. The summed E-state index contributed by atoms with van der Waals surface area (Å²) in [6.45, 7) is 5.25. The van der Waals surface area contributed by atoms with Crippen LogP contribution in [0.15, 0.2) is 78.9 Å². The van der Waals surface area contributed by atoms with E-state index in [2.05, 4.69) is 83.1 Å². The fourth-order valence-electron chi connectivity index (χ4n) is 3.29. The first-order chi connectivity index (χ1) is 15.6. The van der Waals surface area contributed by atoms with Crippen molar-refractivity contribution in [1.29, 1.82) is 0 Å². The highest BCUT2D eigenvalue weighted by molar-refractivity contribution is 5.83. The second kappa shape index (κ2) is 9.92. The van der Waals surface area contributed by atoms with Gasteiger partial charge in [-0.3, -0.25) is 4.79 Å². The van der Waals surface area contributed by atoms with Crippen molar-refractivity contribution in [3.63, 3.8) is 0 Å². The molecule has 0 aliphatic rings. The average molecular weight is 426 g/mol. The van der Waals surface area contributed by atoms with Crippen LogP contribution in [-0.2, 0) is 19.5 Å². The van der Waals surface area contributed by atoms with Crippen LogP contribution in [0.5, 0.6) is 0 Å². The van der Waals surface area contributed by atoms with Crippen LogP contribution in [0, 0.1) is 13.8 Å². The Balaban J connectivity index is 1.51. The Morgan fingerprint density at radius 1 is 0.750 bits per heavy atom. The minimum atomic E-state index is -0.140.